The van der Waals surface area contributed by atoms with Crippen LogP contribution in [0.1, 0.15) is 11.3 Å². The van der Waals surface area contributed by atoms with Crippen molar-refractivity contribution in [1.29, 1.82) is 0 Å². The number of hydrogen-bond acceptors (Lipinski definition) is 5. The van der Waals surface area contributed by atoms with E-state index in [1.807, 2.05) is 6.07 Å². The van der Waals surface area contributed by atoms with Gasteiger partial charge >= 0.3 is 0 Å². The van der Waals surface area contributed by atoms with Crippen molar-refractivity contribution < 1.29 is 9.15 Å². The number of nitrogens with zero attached hydrogens (tertiary/aromatic N) is 2. The largest absolute Gasteiger partial charge is 0.446 e. The standard InChI is InChI=1S/C11H10BrN3O2/c12-9-2-1-8(17-9)11-14-7-3-4-16-5-6(7)10(13)15-11/h1-2H,3-5H2,(H2,13,14,15). The smallest absolute Gasteiger partial charge is 0.197 e. The Labute approximate surface area is 106 Å². The van der Waals surface area contributed by atoms with E-state index in [0.29, 0.717) is 35.3 Å². The fourth-order valence-electron chi connectivity index (χ4n) is 1.80. The average molecular weight is 296 g/mol. The van der Waals surface area contributed by atoms with E-state index in [0.717, 1.165) is 17.7 Å². The van der Waals surface area contributed by atoms with Gasteiger partial charge in [-0.2, -0.15) is 0 Å². The number of nitrogens with two attached hydrogens (primary N) is 1. The minimum absolute atomic E-state index is 0.470. The Morgan fingerprint density at radius 2 is 2.18 bits per heavy atom. The molecule has 2 N–H and O–H groups in total. The van der Waals surface area contributed by atoms with Crippen molar-refractivity contribution in [2.45, 2.75) is 13.0 Å². The predicted molar refractivity (Wildman–Crippen MR) is 65.2 cm³/mol. The second kappa shape index (κ2) is 4.12. The molecule has 17 heavy (non-hydrogen) atoms. The first kappa shape index (κ1) is 10.7. The lowest BCUT2D eigenvalue weighted by Crippen LogP contribution is -2.16. The van der Waals surface area contributed by atoms with Gasteiger partial charge in [0.1, 0.15) is 5.82 Å². The van der Waals surface area contributed by atoms with Gasteiger partial charge in [0.2, 0.25) is 0 Å². The summed E-state index contributed by atoms with van der Waals surface area (Å²) >= 11 is 3.25. The third kappa shape index (κ3) is 1.94. The van der Waals surface area contributed by atoms with E-state index in [1.165, 1.54) is 0 Å². The Balaban J connectivity index is 2.10. The van der Waals surface area contributed by atoms with Crippen molar-refractivity contribution in [2.75, 3.05) is 12.3 Å². The monoisotopic (exact) mass is 295 g/mol. The molecule has 1 aliphatic heterocycles. The summed E-state index contributed by atoms with van der Waals surface area (Å²) in [6.07, 6.45) is 0.761. The molecule has 0 amide bonds. The molecule has 2 aromatic heterocycles. The summed E-state index contributed by atoms with van der Waals surface area (Å²) in [5.41, 5.74) is 7.75. The molecule has 2 aromatic rings. The van der Waals surface area contributed by atoms with Gasteiger partial charge in [0.15, 0.2) is 16.3 Å². The highest BCUT2D eigenvalue weighted by atomic mass is 79.9. The predicted octanol–water partition coefficient (Wildman–Crippen LogP) is 2.15. The molecule has 0 saturated heterocycles. The van der Waals surface area contributed by atoms with E-state index in [2.05, 4.69) is 25.9 Å². The van der Waals surface area contributed by atoms with Crippen molar-refractivity contribution in [1.82, 2.24) is 9.97 Å². The maximum Gasteiger partial charge on any atom is 0.197 e. The maximum absolute atomic E-state index is 5.90. The van der Waals surface area contributed by atoms with Crippen LogP contribution in [0.3, 0.4) is 0 Å². The number of aromatic nitrogens is 2. The van der Waals surface area contributed by atoms with Crippen molar-refractivity contribution in [3.8, 4) is 11.6 Å². The molecule has 0 spiro atoms. The molecule has 0 atom stereocenters. The molecule has 0 unspecified atom stereocenters. The second-order valence-electron chi connectivity index (χ2n) is 3.76. The molecular weight excluding hydrogens is 286 g/mol. The highest BCUT2D eigenvalue weighted by molar-refractivity contribution is 9.10. The van der Waals surface area contributed by atoms with Crippen molar-refractivity contribution in [3.05, 3.63) is 28.1 Å². The highest BCUT2D eigenvalue weighted by Gasteiger charge is 2.18. The van der Waals surface area contributed by atoms with E-state index in [4.69, 9.17) is 14.9 Å². The minimum atomic E-state index is 0.470. The van der Waals surface area contributed by atoms with Gasteiger partial charge in [-0.25, -0.2) is 9.97 Å². The lowest BCUT2D eigenvalue weighted by atomic mass is 10.1. The van der Waals surface area contributed by atoms with Gasteiger partial charge in [0, 0.05) is 12.0 Å². The number of hydrogen-bond donors (Lipinski definition) is 1. The van der Waals surface area contributed by atoms with E-state index in [9.17, 15) is 0 Å². The third-order valence-corrected chi connectivity index (χ3v) is 3.07. The van der Waals surface area contributed by atoms with Crippen LogP contribution in [0.4, 0.5) is 5.82 Å². The van der Waals surface area contributed by atoms with Gasteiger partial charge in [-0.3, -0.25) is 0 Å². The first-order valence-electron chi connectivity index (χ1n) is 5.23. The summed E-state index contributed by atoms with van der Waals surface area (Å²) in [6.45, 7) is 1.16. The van der Waals surface area contributed by atoms with Crippen LogP contribution < -0.4 is 5.73 Å². The summed E-state index contributed by atoms with van der Waals surface area (Å²) in [5, 5.41) is 0. The molecule has 0 aliphatic carbocycles. The molecule has 5 nitrogen and oxygen atoms in total. The van der Waals surface area contributed by atoms with Crippen LogP contribution in [0.15, 0.2) is 21.2 Å². The van der Waals surface area contributed by atoms with E-state index in [1.54, 1.807) is 6.07 Å². The zero-order valence-electron chi connectivity index (χ0n) is 8.94. The molecule has 3 rings (SSSR count). The van der Waals surface area contributed by atoms with E-state index in [-0.39, 0.29) is 0 Å². The van der Waals surface area contributed by atoms with Gasteiger partial charge in [-0.15, -0.1) is 0 Å². The lowest BCUT2D eigenvalue weighted by molar-refractivity contribution is 0.109. The number of rotatable bonds is 1. The highest BCUT2D eigenvalue weighted by Crippen LogP contribution is 2.26. The van der Waals surface area contributed by atoms with Crippen LogP contribution in [-0.4, -0.2) is 16.6 Å². The Kier molecular flexibility index (Phi) is 2.60. The molecule has 3 heterocycles. The molecule has 1 aliphatic rings. The molecule has 6 heteroatoms. The summed E-state index contributed by atoms with van der Waals surface area (Å²) in [7, 11) is 0. The maximum atomic E-state index is 5.90. The first-order chi connectivity index (χ1) is 8.24. The molecular formula is C11H10BrN3O2. The number of ether oxygens (including phenoxy) is 1. The van der Waals surface area contributed by atoms with Crippen LogP contribution >= 0.6 is 15.9 Å². The third-order valence-electron chi connectivity index (χ3n) is 2.65. The van der Waals surface area contributed by atoms with Crippen molar-refractivity contribution in [2.24, 2.45) is 0 Å². The summed E-state index contributed by atoms with van der Waals surface area (Å²) in [4.78, 5) is 8.71. The average Bonchev–Trinajstić information content (AvgIpc) is 2.76. The minimum Gasteiger partial charge on any atom is -0.446 e. The van der Waals surface area contributed by atoms with Crippen molar-refractivity contribution in [3.63, 3.8) is 0 Å². The van der Waals surface area contributed by atoms with E-state index >= 15 is 0 Å². The SMILES string of the molecule is Nc1nc(-c2ccc(Br)o2)nc2c1COCC2. The summed E-state index contributed by atoms with van der Waals surface area (Å²) in [6, 6.07) is 3.61. The topological polar surface area (TPSA) is 74.2 Å². The molecule has 88 valence electrons. The Hall–Kier alpha value is -1.40. The van der Waals surface area contributed by atoms with Gasteiger partial charge in [0.25, 0.3) is 0 Å². The van der Waals surface area contributed by atoms with Gasteiger partial charge < -0.3 is 14.9 Å². The zero-order valence-corrected chi connectivity index (χ0v) is 10.5. The normalized spacial score (nSPS) is 14.6. The van der Waals surface area contributed by atoms with E-state index < -0.39 is 0 Å². The Morgan fingerprint density at radius 3 is 2.94 bits per heavy atom. The van der Waals surface area contributed by atoms with Crippen LogP contribution in [-0.2, 0) is 17.8 Å². The fraction of sp³-hybridized carbons (Fsp3) is 0.273. The lowest BCUT2D eigenvalue weighted by Gasteiger charge is -2.17. The number of furan rings is 1. The summed E-state index contributed by atoms with van der Waals surface area (Å²) < 4.78 is 11.4. The number of anilines is 1. The number of halogens is 1. The molecule has 0 bridgehead atoms. The Bertz CT molecular complexity index is 568. The molecule has 0 radical (unpaired) electrons. The Morgan fingerprint density at radius 1 is 1.29 bits per heavy atom. The zero-order chi connectivity index (χ0) is 11.8. The van der Waals surface area contributed by atoms with Crippen LogP contribution in [0.5, 0.6) is 0 Å². The molecule has 0 fully saturated rings. The molecule has 0 aromatic carbocycles. The van der Waals surface area contributed by atoms with Crippen LogP contribution in [0.25, 0.3) is 11.6 Å². The fourth-order valence-corrected chi connectivity index (χ4v) is 2.11. The first-order valence-corrected chi connectivity index (χ1v) is 6.02. The quantitative estimate of drug-likeness (QED) is 0.872. The molecule has 0 saturated carbocycles. The second-order valence-corrected chi connectivity index (χ2v) is 4.55. The van der Waals surface area contributed by atoms with Gasteiger partial charge in [-0.05, 0) is 28.1 Å². The van der Waals surface area contributed by atoms with Crippen LogP contribution in [0, 0.1) is 0 Å². The van der Waals surface area contributed by atoms with Gasteiger partial charge in [-0.1, -0.05) is 0 Å². The van der Waals surface area contributed by atoms with Crippen LogP contribution in [0.2, 0.25) is 0 Å². The van der Waals surface area contributed by atoms with Gasteiger partial charge in [0.05, 0.1) is 18.9 Å². The number of nitrogen functional groups attached to an aromatic ring is 1. The number of fused-ring (bicyclic) bond motifs is 1. The summed E-state index contributed by atoms with van der Waals surface area (Å²) in [5.74, 6) is 1.60. The van der Waals surface area contributed by atoms with Crippen molar-refractivity contribution >= 4 is 21.7 Å².